The van der Waals surface area contributed by atoms with E-state index in [9.17, 15) is 0 Å². The molecular weight excluding hydrogens is 244 g/mol. The lowest BCUT2D eigenvalue weighted by Crippen LogP contribution is -2.65. The monoisotopic (exact) mass is 276 g/mol. The van der Waals surface area contributed by atoms with Gasteiger partial charge in [0.15, 0.2) is 0 Å². The summed E-state index contributed by atoms with van der Waals surface area (Å²) in [5.74, 6) is 3.50. The maximum Gasteiger partial charge on any atom is 0.0309 e. The molecule has 1 atom stereocenters. The Kier molecular flexibility index (Phi) is 5.93. The van der Waals surface area contributed by atoms with Gasteiger partial charge in [-0.2, -0.15) is 0 Å². The minimum absolute atomic E-state index is 0.426. The standard InChI is InChI=1S/C18H32N2/c1-4-5-6-10-13-20-15-18(11-8-7-9-12-18)19-14-17(20)16(2)3/h1,16-17,19H,5-15H2,2-3H3. The molecule has 2 nitrogen and oxygen atoms in total. The second-order valence-electron chi connectivity index (χ2n) is 7.16. The first kappa shape index (κ1) is 15.9. The first-order chi connectivity index (χ1) is 9.67. The molecule has 1 saturated heterocycles. The summed E-state index contributed by atoms with van der Waals surface area (Å²) in [7, 11) is 0. The van der Waals surface area contributed by atoms with Crippen molar-refractivity contribution in [1.29, 1.82) is 0 Å². The van der Waals surface area contributed by atoms with Crippen LogP contribution in [0.15, 0.2) is 0 Å². The zero-order valence-electron chi connectivity index (χ0n) is 13.5. The molecule has 114 valence electrons. The number of unbranched alkanes of at least 4 members (excludes halogenated alkanes) is 2. The van der Waals surface area contributed by atoms with E-state index in [0.29, 0.717) is 11.6 Å². The fourth-order valence-electron chi connectivity index (χ4n) is 4.02. The first-order valence-electron chi connectivity index (χ1n) is 8.59. The van der Waals surface area contributed by atoms with Gasteiger partial charge in [-0.05, 0) is 38.1 Å². The third-order valence-corrected chi connectivity index (χ3v) is 5.26. The van der Waals surface area contributed by atoms with Gasteiger partial charge >= 0.3 is 0 Å². The first-order valence-corrected chi connectivity index (χ1v) is 8.59. The number of terminal acetylenes is 1. The zero-order chi connectivity index (χ0) is 14.4. The van der Waals surface area contributed by atoms with E-state index in [4.69, 9.17) is 6.42 Å². The number of nitrogens with zero attached hydrogens (tertiary/aromatic N) is 1. The molecule has 1 unspecified atom stereocenters. The van der Waals surface area contributed by atoms with Crippen molar-refractivity contribution in [2.45, 2.75) is 76.8 Å². The van der Waals surface area contributed by atoms with Crippen molar-refractivity contribution in [1.82, 2.24) is 10.2 Å². The van der Waals surface area contributed by atoms with Crippen LogP contribution in [0.25, 0.3) is 0 Å². The molecule has 2 heteroatoms. The third kappa shape index (κ3) is 3.99. The molecule has 0 bridgehead atoms. The number of hydrogen-bond acceptors (Lipinski definition) is 2. The van der Waals surface area contributed by atoms with Gasteiger partial charge in [-0.1, -0.05) is 33.1 Å². The van der Waals surface area contributed by atoms with Gasteiger partial charge in [0.25, 0.3) is 0 Å². The van der Waals surface area contributed by atoms with Crippen LogP contribution in [-0.2, 0) is 0 Å². The van der Waals surface area contributed by atoms with Gasteiger partial charge in [-0.25, -0.2) is 0 Å². The second-order valence-corrected chi connectivity index (χ2v) is 7.16. The molecule has 1 N–H and O–H groups in total. The molecule has 2 fully saturated rings. The highest BCUT2D eigenvalue weighted by atomic mass is 15.3. The smallest absolute Gasteiger partial charge is 0.0309 e. The van der Waals surface area contributed by atoms with Crippen LogP contribution in [-0.4, -0.2) is 36.1 Å². The van der Waals surface area contributed by atoms with Crippen LogP contribution in [0.4, 0.5) is 0 Å². The largest absolute Gasteiger partial charge is 0.308 e. The Balaban J connectivity index is 1.92. The Hall–Kier alpha value is -0.520. The van der Waals surface area contributed by atoms with Crippen LogP contribution in [0.1, 0.15) is 65.2 Å². The Morgan fingerprint density at radius 1 is 1.25 bits per heavy atom. The highest BCUT2D eigenvalue weighted by Crippen LogP contribution is 2.33. The van der Waals surface area contributed by atoms with Crippen molar-refractivity contribution in [2.24, 2.45) is 5.92 Å². The highest BCUT2D eigenvalue weighted by Gasteiger charge is 2.40. The average molecular weight is 276 g/mol. The van der Waals surface area contributed by atoms with Gasteiger partial charge in [-0.3, -0.25) is 4.90 Å². The zero-order valence-corrected chi connectivity index (χ0v) is 13.5. The summed E-state index contributed by atoms with van der Waals surface area (Å²) in [6.45, 7) is 8.38. The van der Waals surface area contributed by atoms with Crippen molar-refractivity contribution in [3.63, 3.8) is 0 Å². The molecule has 1 aliphatic carbocycles. The van der Waals surface area contributed by atoms with E-state index < -0.39 is 0 Å². The topological polar surface area (TPSA) is 15.3 Å². The molecule has 1 spiro atoms. The van der Waals surface area contributed by atoms with Gasteiger partial charge in [0.2, 0.25) is 0 Å². The van der Waals surface area contributed by atoms with E-state index in [1.165, 1.54) is 64.6 Å². The fourth-order valence-corrected chi connectivity index (χ4v) is 4.02. The third-order valence-electron chi connectivity index (χ3n) is 5.26. The van der Waals surface area contributed by atoms with Crippen molar-refractivity contribution < 1.29 is 0 Å². The summed E-state index contributed by atoms with van der Waals surface area (Å²) >= 11 is 0. The van der Waals surface area contributed by atoms with Crippen LogP contribution < -0.4 is 5.32 Å². The van der Waals surface area contributed by atoms with E-state index in [1.54, 1.807) is 0 Å². The number of hydrogen-bond donors (Lipinski definition) is 1. The van der Waals surface area contributed by atoms with Gasteiger partial charge in [0.1, 0.15) is 0 Å². The summed E-state index contributed by atoms with van der Waals surface area (Å²) in [5.41, 5.74) is 0.426. The van der Waals surface area contributed by atoms with Crippen molar-refractivity contribution >= 4 is 0 Å². The predicted octanol–water partition coefficient (Wildman–Crippen LogP) is 3.42. The number of piperazine rings is 1. The molecule has 2 aliphatic rings. The van der Waals surface area contributed by atoms with Crippen molar-refractivity contribution in [3.8, 4) is 12.3 Å². The quantitative estimate of drug-likeness (QED) is 0.611. The normalized spacial score (nSPS) is 26.8. The van der Waals surface area contributed by atoms with Gasteiger partial charge in [0.05, 0.1) is 0 Å². The van der Waals surface area contributed by atoms with Crippen LogP contribution >= 0.6 is 0 Å². The summed E-state index contributed by atoms with van der Waals surface area (Å²) in [5, 5.41) is 3.92. The van der Waals surface area contributed by atoms with Crippen molar-refractivity contribution in [3.05, 3.63) is 0 Å². The van der Waals surface area contributed by atoms with Crippen molar-refractivity contribution in [2.75, 3.05) is 19.6 Å². The van der Waals surface area contributed by atoms with Gasteiger partial charge < -0.3 is 5.32 Å². The Labute approximate surface area is 125 Å². The van der Waals surface area contributed by atoms with Crippen LogP contribution in [0.2, 0.25) is 0 Å². The Morgan fingerprint density at radius 2 is 2.00 bits per heavy atom. The van der Waals surface area contributed by atoms with Crippen LogP contribution in [0.5, 0.6) is 0 Å². The van der Waals surface area contributed by atoms with E-state index in [1.807, 2.05) is 0 Å². The van der Waals surface area contributed by atoms with Gasteiger partial charge in [-0.15, -0.1) is 12.3 Å². The number of rotatable bonds is 5. The molecule has 1 saturated carbocycles. The molecule has 2 rings (SSSR count). The molecule has 0 amide bonds. The Morgan fingerprint density at radius 3 is 2.65 bits per heavy atom. The van der Waals surface area contributed by atoms with Crippen LogP contribution in [0, 0.1) is 18.3 Å². The molecule has 0 aromatic rings. The molecule has 0 radical (unpaired) electrons. The minimum atomic E-state index is 0.426. The average Bonchev–Trinajstić information content (AvgIpc) is 2.44. The lowest BCUT2D eigenvalue weighted by Gasteiger charge is -2.51. The highest BCUT2D eigenvalue weighted by molar-refractivity contribution is 5.00. The summed E-state index contributed by atoms with van der Waals surface area (Å²) in [6.07, 6.45) is 15.7. The van der Waals surface area contributed by atoms with E-state index >= 15 is 0 Å². The van der Waals surface area contributed by atoms with Gasteiger partial charge in [0, 0.05) is 31.1 Å². The second kappa shape index (κ2) is 7.48. The molecule has 1 aliphatic heterocycles. The maximum absolute atomic E-state index is 5.36. The maximum atomic E-state index is 5.36. The Bertz CT molecular complexity index is 323. The van der Waals surface area contributed by atoms with E-state index in [0.717, 1.165) is 12.3 Å². The summed E-state index contributed by atoms with van der Waals surface area (Å²) < 4.78 is 0. The lowest BCUT2D eigenvalue weighted by molar-refractivity contribution is 0.0356. The molecule has 1 heterocycles. The summed E-state index contributed by atoms with van der Waals surface area (Å²) in [4.78, 5) is 2.77. The van der Waals surface area contributed by atoms with E-state index in [2.05, 4.69) is 30.0 Å². The molecule has 20 heavy (non-hydrogen) atoms. The fraction of sp³-hybridized carbons (Fsp3) is 0.889. The minimum Gasteiger partial charge on any atom is -0.308 e. The molecule has 0 aromatic heterocycles. The molecular formula is C18H32N2. The van der Waals surface area contributed by atoms with E-state index in [-0.39, 0.29) is 0 Å². The predicted molar refractivity (Wildman–Crippen MR) is 86.7 cm³/mol. The van der Waals surface area contributed by atoms with Crippen LogP contribution in [0.3, 0.4) is 0 Å². The molecule has 0 aromatic carbocycles. The summed E-state index contributed by atoms with van der Waals surface area (Å²) in [6, 6.07) is 0.702. The number of nitrogens with one attached hydrogen (secondary N) is 1. The SMILES string of the molecule is C#CCCCCN1CC2(CCCCC2)NCC1C(C)C. The lowest BCUT2D eigenvalue weighted by atomic mass is 9.78.